The molecule has 10 N–H and O–H groups in total. The molecule has 56 heavy (non-hydrogen) atoms. The summed E-state index contributed by atoms with van der Waals surface area (Å²) in [7, 11) is -16.4. The number of ether oxygens (including phenoxy) is 1. The number of nitrogens with two attached hydrogens (primary N) is 1. The summed E-state index contributed by atoms with van der Waals surface area (Å²) in [6.45, 7) is 0.585. The van der Waals surface area contributed by atoms with E-state index in [9.17, 15) is 57.9 Å². The van der Waals surface area contributed by atoms with Crippen LogP contribution >= 0.6 is 35.2 Å². The van der Waals surface area contributed by atoms with Gasteiger partial charge in [0.1, 0.15) is 36.3 Å². The lowest BCUT2D eigenvalue weighted by atomic mass is 9.87. The molecule has 1 saturated carbocycles. The molecule has 2 fully saturated rings. The van der Waals surface area contributed by atoms with Gasteiger partial charge in [0.25, 0.3) is 0 Å². The van der Waals surface area contributed by atoms with Crippen LogP contribution in [0.5, 0.6) is 0 Å². The second kappa shape index (κ2) is 19.5. The van der Waals surface area contributed by atoms with Gasteiger partial charge in [-0.25, -0.2) is 28.6 Å². The molecule has 28 heteroatoms. The normalized spacial score (nSPS) is 23.6. The van der Waals surface area contributed by atoms with Crippen LogP contribution in [0.25, 0.3) is 11.2 Å². The van der Waals surface area contributed by atoms with Crippen molar-refractivity contribution in [2.24, 2.45) is 11.3 Å². The molecular formula is C28H46N7O17P3S. The number of thioether (sulfide) groups is 1. The second-order valence-corrected chi connectivity index (χ2v) is 18.9. The minimum atomic E-state index is -5.56. The Morgan fingerprint density at radius 3 is 2.39 bits per heavy atom. The molecule has 0 bridgehead atoms. The van der Waals surface area contributed by atoms with Crippen molar-refractivity contribution in [2.75, 3.05) is 37.8 Å². The van der Waals surface area contributed by atoms with Gasteiger partial charge >= 0.3 is 23.5 Å². The number of amides is 2. The molecule has 0 aromatic carbocycles. The third-order valence-electron chi connectivity index (χ3n) is 8.68. The molecule has 7 atom stereocenters. The lowest BCUT2D eigenvalue weighted by molar-refractivity contribution is -0.137. The van der Waals surface area contributed by atoms with Gasteiger partial charge in [-0.3, -0.25) is 32.5 Å². The minimum Gasteiger partial charge on any atom is -0.386 e. The van der Waals surface area contributed by atoms with Crippen LogP contribution in [0.3, 0.4) is 0 Å². The zero-order valence-corrected chi connectivity index (χ0v) is 33.7. The molecule has 1 aliphatic carbocycles. The zero-order chi connectivity index (χ0) is 41.5. The molecule has 0 radical (unpaired) electrons. The van der Waals surface area contributed by atoms with Crippen LogP contribution in [0.15, 0.2) is 12.7 Å². The molecule has 2 aromatic rings. The smallest absolute Gasteiger partial charge is 0.386 e. The summed E-state index contributed by atoms with van der Waals surface area (Å²) in [5, 5.41) is 26.6. The fourth-order valence-corrected chi connectivity index (χ4v) is 9.44. The van der Waals surface area contributed by atoms with Gasteiger partial charge in [-0.15, -0.1) is 0 Å². The fourth-order valence-electron chi connectivity index (χ4n) is 5.74. The molecule has 2 unspecified atom stereocenters. The summed E-state index contributed by atoms with van der Waals surface area (Å²) < 4.78 is 62.1. The van der Waals surface area contributed by atoms with E-state index in [1.165, 1.54) is 25.6 Å². The highest BCUT2D eigenvalue weighted by Gasteiger charge is 2.50. The highest BCUT2D eigenvalue weighted by molar-refractivity contribution is 8.13. The van der Waals surface area contributed by atoms with E-state index in [0.717, 1.165) is 49.3 Å². The van der Waals surface area contributed by atoms with E-state index >= 15 is 0 Å². The van der Waals surface area contributed by atoms with E-state index in [1.54, 1.807) is 0 Å². The summed E-state index contributed by atoms with van der Waals surface area (Å²) in [6, 6.07) is 0. The largest absolute Gasteiger partial charge is 0.481 e. The summed E-state index contributed by atoms with van der Waals surface area (Å²) in [4.78, 5) is 88.0. The monoisotopic (exact) mass is 877 g/mol. The summed E-state index contributed by atoms with van der Waals surface area (Å²) in [6.07, 6.45) is -1.88. The highest BCUT2D eigenvalue weighted by Crippen LogP contribution is 2.61. The SMILES string of the molecule is CC(C)(COP(=O)(O)OP(=O)(O)OC[C@H]1O[C@@H](n2cnc3c(N)ncnc32)[C@H](O)[C@@H]1OP(=O)(O)O)[C@@H](O)C(=O)NCCC(=O)NCCSC(=O)C1CCCCC1. The van der Waals surface area contributed by atoms with E-state index in [0.29, 0.717) is 5.75 Å². The molecule has 2 amide bonds. The Morgan fingerprint density at radius 2 is 1.71 bits per heavy atom. The Morgan fingerprint density at radius 1 is 1.04 bits per heavy atom. The minimum absolute atomic E-state index is 0.0332. The van der Waals surface area contributed by atoms with Gasteiger partial charge in [-0.2, -0.15) is 4.31 Å². The van der Waals surface area contributed by atoms with E-state index in [1.807, 2.05) is 0 Å². The number of nitrogen functional groups attached to an aromatic ring is 1. The quantitative estimate of drug-likeness (QED) is 0.0635. The van der Waals surface area contributed by atoms with Gasteiger partial charge in [0.15, 0.2) is 22.8 Å². The Bertz CT molecular complexity index is 1840. The molecular weight excluding hydrogens is 831 g/mol. The van der Waals surface area contributed by atoms with Crippen LogP contribution in [-0.4, -0.2) is 123 Å². The second-order valence-electron chi connectivity index (χ2n) is 13.6. The Hall–Kier alpha value is -2.44. The van der Waals surface area contributed by atoms with Crippen molar-refractivity contribution in [3.63, 3.8) is 0 Å². The Kier molecular flexibility index (Phi) is 16.1. The van der Waals surface area contributed by atoms with Gasteiger partial charge in [-0.05, 0) is 12.8 Å². The van der Waals surface area contributed by atoms with Crippen molar-refractivity contribution >= 4 is 69.1 Å². The Labute approximate surface area is 324 Å². The maximum absolute atomic E-state index is 12.7. The van der Waals surface area contributed by atoms with Gasteiger partial charge < -0.3 is 50.9 Å². The van der Waals surface area contributed by atoms with Crippen LogP contribution in [0.2, 0.25) is 0 Å². The van der Waals surface area contributed by atoms with Crippen molar-refractivity contribution in [3.8, 4) is 0 Å². The third-order valence-corrected chi connectivity index (χ3v) is 12.8. The van der Waals surface area contributed by atoms with E-state index < -0.39 is 84.6 Å². The number of phosphoric ester groups is 3. The first-order valence-corrected chi connectivity index (χ1v) is 22.7. The number of carbonyl (C=O) groups is 3. The molecule has 4 rings (SSSR count). The Balaban J connectivity index is 1.22. The maximum atomic E-state index is 12.7. The molecule has 2 aromatic heterocycles. The average Bonchev–Trinajstić information content (AvgIpc) is 3.68. The molecule has 24 nitrogen and oxygen atoms in total. The summed E-state index contributed by atoms with van der Waals surface area (Å²) >= 11 is 1.18. The van der Waals surface area contributed by atoms with Crippen molar-refractivity contribution in [1.82, 2.24) is 30.2 Å². The summed E-state index contributed by atoms with van der Waals surface area (Å²) in [5.41, 5.74) is 4.28. The lowest BCUT2D eigenvalue weighted by Gasteiger charge is -2.30. The van der Waals surface area contributed by atoms with Gasteiger partial charge in [0, 0.05) is 36.6 Å². The summed E-state index contributed by atoms with van der Waals surface area (Å²) in [5.74, 6) is -0.949. The number of aliphatic hydroxyl groups is 2. The number of hydrogen-bond acceptors (Lipinski definition) is 18. The number of rotatable bonds is 20. The van der Waals surface area contributed by atoms with Gasteiger partial charge in [0.05, 0.1) is 19.5 Å². The number of nitrogens with zero attached hydrogens (tertiary/aromatic N) is 4. The first-order valence-electron chi connectivity index (χ1n) is 17.1. The number of anilines is 1. The first-order chi connectivity index (χ1) is 26.1. The van der Waals surface area contributed by atoms with E-state index in [2.05, 4.69) is 34.4 Å². The number of hydrogen-bond donors (Lipinski definition) is 9. The predicted octanol–water partition coefficient (Wildman–Crippen LogP) is 0.245. The predicted molar refractivity (Wildman–Crippen MR) is 194 cm³/mol. The van der Waals surface area contributed by atoms with Gasteiger partial charge in [0.2, 0.25) is 11.8 Å². The number of phosphoric acid groups is 3. The molecule has 0 spiro atoms. The molecule has 1 aliphatic heterocycles. The van der Waals surface area contributed by atoms with Gasteiger partial charge in [-0.1, -0.05) is 44.9 Å². The van der Waals surface area contributed by atoms with Crippen molar-refractivity contribution in [3.05, 3.63) is 12.7 Å². The average molecular weight is 878 g/mol. The highest BCUT2D eigenvalue weighted by atomic mass is 32.2. The number of aromatic nitrogens is 4. The number of fused-ring (bicyclic) bond motifs is 1. The van der Waals surface area contributed by atoms with Crippen LogP contribution in [0, 0.1) is 11.3 Å². The fraction of sp³-hybridized carbons (Fsp3) is 0.714. The molecule has 1 saturated heterocycles. The van der Waals surface area contributed by atoms with Crippen LogP contribution in [-0.2, 0) is 50.7 Å². The van der Waals surface area contributed by atoms with E-state index in [4.69, 9.17) is 19.5 Å². The first kappa shape index (κ1) is 46.3. The molecule has 2 aliphatic rings. The van der Waals surface area contributed by atoms with Crippen molar-refractivity contribution < 1.29 is 80.5 Å². The van der Waals surface area contributed by atoms with Crippen molar-refractivity contribution in [2.45, 2.75) is 83.0 Å². The maximum Gasteiger partial charge on any atom is 0.481 e. The third kappa shape index (κ3) is 13.3. The van der Waals surface area contributed by atoms with Crippen LogP contribution in [0.1, 0.15) is 58.6 Å². The number of nitrogens with one attached hydrogen (secondary N) is 2. The number of aliphatic hydroxyl groups excluding tert-OH is 2. The van der Waals surface area contributed by atoms with Crippen molar-refractivity contribution in [1.29, 1.82) is 0 Å². The van der Waals surface area contributed by atoms with Crippen LogP contribution < -0.4 is 16.4 Å². The number of imidazole rings is 1. The number of carbonyl (C=O) groups excluding carboxylic acids is 3. The topological polar surface area (TPSA) is 364 Å². The molecule has 3 heterocycles. The molecule has 316 valence electrons. The standard InChI is InChI=1S/C28H46N7O17P3S/c1-28(2,22(38)25(39)31-9-8-18(36)30-10-11-56-27(40)16-6-4-3-5-7-16)13-49-55(46,47)52-54(44,45)48-12-17-21(51-53(41,42)43)20(37)26(50-17)35-15-34-19-23(29)32-14-33-24(19)35/h14-17,20-22,26,37-38H,3-13H2,1-2H3,(H,30,36)(H,31,39)(H,44,45)(H,46,47)(H2,29,32,33)(H2,41,42,43)/t17-,20-,21-,22+,26-/m1/s1. The lowest BCUT2D eigenvalue weighted by Crippen LogP contribution is -2.46. The van der Waals surface area contributed by atoms with E-state index in [-0.39, 0.29) is 47.5 Å². The zero-order valence-electron chi connectivity index (χ0n) is 30.2. The van der Waals surface area contributed by atoms with Crippen LogP contribution in [0.4, 0.5) is 5.82 Å².